The van der Waals surface area contributed by atoms with E-state index in [2.05, 4.69) is 15.0 Å². The van der Waals surface area contributed by atoms with Crippen LogP contribution in [0.3, 0.4) is 0 Å². The number of likely N-dealkylation sites (tertiary alicyclic amines) is 1. The molecular formula is C15H21N5OS. The first-order chi connectivity index (χ1) is 10.7. The van der Waals surface area contributed by atoms with Crippen molar-refractivity contribution < 1.29 is 4.79 Å². The number of hydrogen-bond donors (Lipinski definition) is 0. The molecule has 1 aliphatic rings. The number of carbonyl (C=O) groups is 1. The third-order valence-electron chi connectivity index (χ3n) is 4.12. The Morgan fingerprint density at radius 1 is 1.45 bits per heavy atom. The first-order valence-corrected chi connectivity index (χ1v) is 8.49. The molecule has 2 aromatic heterocycles. The summed E-state index contributed by atoms with van der Waals surface area (Å²) < 4.78 is 1.96. The second-order valence-electron chi connectivity index (χ2n) is 5.62. The quantitative estimate of drug-likeness (QED) is 0.844. The molecule has 0 saturated carbocycles. The number of amides is 1. The molecule has 1 amide bonds. The zero-order valence-electron chi connectivity index (χ0n) is 12.8. The van der Waals surface area contributed by atoms with Gasteiger partial charge in [0.2, 0.25) is 5.91 Å². The van der Waals surface area contributed by atoms with Crippen molar-refractivity contribution in [2.75, 3.05) is 25.0 Å². The highest BCUT2D eigenvalue weighted by Gasteiger charge is 2.26. The molecule has 0 spiro atoms. The lowest BCUT2D eigenvalue weighted by Crippen LogP contribution is -2.47. The Kier molecular flexibility index (Phi) is 4.84. The van der Waals surface area contributed by atoms with Gasteiger partial charge in [0, 0.05) is 37.1 Å². The van der Waals surface area contributed by atoms with Crippen LogP contribution >= 0.6 is 11.3 Å². The fourth-order valence-corrected chi connectivity index (χ4v) is 3.49. The van der Waals surface area contributed by atoms with Crippen LogP contribution in [0.25, 0.3) is 0 Å². The molecule has 0 N–H and O–H groups in total. The summed E-state index contributed by atoms with van der Waals surface area (Å²) in [5.41, 5.74) is 0. The molecule has 1 atom stereocenters. The molecule has 2 aromatic rings. The molecule has 0 radical (unpaired) electrons. The van der Waals surface area contributed by atoms with E-state index < -0.39 is 0 Å². The first-order valence-electron chi connectivity index (χ1n) is 7.61. The second kappa shape index (κ2) is 7.02. The molecule has 1 aliphatic heterocycles. The Morgan fingerprint density at radius 3 is 3.09 bits per heavy atom. The molecule has 3 heterocycles. The van der Waals surface area contributed by atoms with E-state index in [4.69, 9.17) is 0 Å². The lowest BCUT2D eigenvalue weighted by molar-refractivity contribution is -0.120. The minimum absolute atomic E-state index is 0.0994. The van der Waals surface area contributed by atoms with Crippen molar-refractivity contribution in [3.05, 3.63) is 30.0 Å². The molecule has 0 unspecified atom stereocenters. The number of aromatic nitrogens is 3. The standard InChI is InChI=1S/C15H21N5OS/c1-18(15-16-7-10-22-15)14(21)12-19-8-3-2-5-13(19)11-20-9-4-6-17-20/h4,6-7,9-10,13H,2-3,5,8,11-12H2,1H3/t13-/m0/s1. The lowest BCUT2D eigenvalue weighted by atomic mass is 10.0. The van der Waals surface area contributed by atoms with Crippen molar-refractivity contribution in [2.24, 2.45) is 0 Å². The van der Waals surface area contributed by atoms with Gasteiger partial charge in [0.15, 0.2) is 5.13 Å². The van der Waals surface area contributed by atoms with Gasteiger partial charge in [-0.1, -0.05) is 6.42 Å². The van der Waals surface area contributed by atoms with Crippen molar-refractivity contribution in [1.82, 2.24) is 19.7 Å². The molecule has 0 aromatic carbocycles. The van der Waals surface area contributed by atoms with E-state index in [0.717, 1.165) is 31.1 Å². The van der Waals surface area contributed by atoms with Crippen LogP contribution in [0, 0.1) is 0 Å². The average molecular weight is 319 g/mol. The average Bonchev–Trinajstić information content (AvgIpc) is 3.21. The summed E-state index contributed by atoms with van der Waals surface area (Å²) in [5, 5.41) is 6.93. The summed E-state index contributed by atoms with van der Waals surface area (Å²) >= 11 is 1.49. The fourth-order valence-electron chi connectivity index (χ4n) is 2.87. The maximum Gasteiger partial charge on any atom is 0.242 e. The van der Waals surface area contributed by atoms with Crippen LogP contribution in [0.1, 0.15) is 19.3 Å². The number of hydrogen-bond acceptors (Lipinski definition) is 5. The predicted octanol–water partition coefficient (Wildman–Crippen LogP) is 1.86. The van der Waals surface area contributed by atoms with Gasteiger partial charge in [-0.25, -0.2) is 4.98 Å². The largest absolute Gasteiger partial charge is 0.290 e. The Morgan fingerprint density at radius 2 is 2.36 bits per heavy atom. The molecule has 118 valence electrons. The van der Waals surface area contributed by atoms with Crippen LogP contribution < -0.4 is 4.90 Å². The summed E-state index contributed by atoms with van der Waals surface area (Å²) in [5.74, 6) is 0.0994. The van der Waals surface area contributed by atoms with Crippen LogP contribution in [0.2, 0.25) is 0 Å². The maximum atomic E-state index is 12.5. The molecule has 6 nitrogen and oxygen atoms in total. The Bertz CT molecular complexity index is 583. The van der Waals surface area contributed by atoms with E-state index in [0.29, 0.717) is 12.6 Å². The summed E-state index contributed by atoms with van der Waals surface area (Å²) in [4.78, 5) is 20.6. The van der Waals surface area contributed by atoms with Gasteiger partial charge < -0.3 is 0 Å². The number of likely N-dealkylation sites (N-methyl/N-ethyl adjacent to an activating group) is 1. The van der Waals surface area contributed by atoms with E-state index in [1.807, 2.05) is 22.3 Å². The molecule has 22 heavy (non-hydrogen) atoms. The van der Waals surface area contributed by atoms with Crippen molar-refractivity contribution in [1.29, 1.82) is 0 Å². The molecule has 7 heteroatoms. The zero-order chi connectivity index (χ0) is 15.4. The highest BCUT2D eigenvalue weighted by atomic mass is 32.1. The van der Waals surface area contributed by atoms with E-state index in [1.54, 1.807) is 24.3 Å². The molecule has 1 saturated heterocycles. The molecule has 0 bridgehead atoms. The van der Waals surface area contributed by atoms with Crippen LogP contribution in [0.5, 0.6) is 0 Å². The monoisotopic (exact) mass is 319 g/mol. The minimum Gasteiger partial charge on any atom is -0.290 e. The van der Waals surface area contributed by atoms with Crippen molar-refractivity contribution in [3.8, 4) is 0 Å². The number of nitrogens with zero attached hydrogens (tertiary/aromatic N) is 5. The van der Waals surface area contributed by atoms with Crippen molar-refractivity contribution in [3.63, 3.8) is 0 Å². The number of carbonyl (C=O) groups excluding carboxylic acids is 1. The van der Waals surface area contributed by atoms with Crippen molar-refractivity contribution >= 4 is 22.4 Å². The maximum absolute atomic E-state index is 12.5. The van der Waals surface area contributed by atoms with Gasteiger partial charge >= 0.3 is 0 Å². The molecule has 0 aliphatic carbocycles. The topological polar surface area (TPSA) is 54.3 Å². The minimum atomic E-state index is 0.0994. The third-order valence-corrected chi connectivity index (χ3v) is 4.97. The second-order valence-corrected chi connectivity index (χ2v) is 6.49. The fraction of sp³-hybridized carbons (Fsp3) is 0.533. The number of rotatable bonds is 5. The van der Waals surface area contributed by atoms with Crippen LogP contribution in [0.15, 0.2) is 30.0 Å². The van der Waals surface area contributed by atoms with Gasteiger partial charge in [-0.15, -0.1) is 11.3 Å². The molecular weight excluding hydrogens is 298 g/mol. The zero-order valence-corrected chi connectivity index (χ0v) is 13.6. The Labute approximate surface area is 134 Å². The Hall–Kier alpha value is -1.73. The van der Waals surface area contributed by atoms with E-state index >= 15 is 0 Å². The summed E-state index contributed by atoms with van der Waals surface area (Å²) in [6, 6.07) is 2.32. The normalized spacial score (nSPS) is 19.2. The van der Waals surface area contributed by atoms with E-state index in [1.165, 1.54) is 17.8 Å². The van der Waals surface area contributed by atoms with E-state index in [-0.39, 0.29) is 5.91 Å². The predicted molar refractivity (Wildman–Crippen MR) is 87.0 cm³/mol. The van der Waals surface area contributed by atoms with Gasteiger partial charge in [0.1, 0.15) is 0 Å². The van der Waals surface area contributed by atoms with Gasteiger partial charge in [-0.3, -0.25) is 19.3 Å². The van der Waals surface area contributed by atoms with E-state index in [9.17, 15) is 4.79 Å². The van der Waals surface area contributed by atoms with Crippen molar-refractivity contribution in [2.45, 2.75) is 31.8 Å². The summed E-state index contributed by atoms with van der Waals surface area (Å²) in [7, 11) is 1.80. The Balaban J connectivity index is 1.62. The van der Waals surface area contributed by atoms with Crippen LogP contribution in [-0.2, 0) is 11.3 Å². The summed E-state index contributed by atoms with van der Waals surface area (Å²) in [6.45, 7) is 2.27. The number of thiazole rings is 1. The van der Waals surface area contributed by atoms with Gasteiger partial charge in [0.25, 0.3) is 0 Å². The highest BCUT2D eigenvalue weighted by molar-refractivity contribution is 7.13. The van der Waals surface area contributed by atoms with Gasteiger partial charge in [0.05, 0.1) is 13.1 Å². The molecule has 1 fully saturated rings. The van der Waals surface area contributed by atoms with Gasteiger partial charge in [-0.2, -0.15) is 5.10 Å². The SMILES string of the molecule is CN(C(=O)CN1CCCC[C@H]1Cn1cccn1)c1nccs1. The summed E-state index contributed by atoms with van der Waals surface area (Å²) in [6.07, 6.45) is 9.01. The van der Waals surface area contributed by atoms with Crippen LogP contribution in [0.4, 0.5) is 5.13 Å². The first kappa shape index (κ1) is 15.2. The number of anilines is 1. The number of piperidine rings is 1. The van der Waals surface area contributed by atoms with Crippen LogP contribution in [-0.4, -0.2) is 51.8 Å². The highest BCUT2D eigenvalue weighted by Crippen LogP contribution is 2.20. The lowest BCUT2D eigenvalue weighted by Gasteiger charge is -2.35. The molecule has 3 rings (SSSR count). The third kappa shape index (κ3) is 3.53. The van der Waals surface area contributed by atoms with Gasteiger partial charge in [-0.05, 0) is 25.5 Å². The smallest absolute Gasteiger partial charge is 0.242 e.